The highest BCUT2D eigenvalue weighted by Gasteiger charge is 2.26. The Kier molecular flexibility index (Phi) is 9.59. The Morgan fingerprint density at radius 1 is 1.07 bits per heavy atom. The van der Waals surface area contributed by atoms with E-state index < -0.39 is 48.6 Å². The molecule has 1 heterocycles. The molecular weight excluding hydrogens is 533 g/mol. The van der Waals surface area contributed by atoms with E-state index in [2.05, 4.69) is 26.3 Å². The second kappa shape index (κ2) is 12.5. The number of carboxylic acid groups (broad SMARTS) is 1. The Labute approximate surface area is 238 Å². The number of nitrogens with one attached hydrogen (secondary N) is 4. The van der Waals surface area contributed by atoms with Crippen LogP contribution in [0, 0.1) is 0 Å². The van der Waals surface area contributed by atoms with Gasteiger partial charge in [0, 0.05) is 17.3 Å². The van der Waals surface area contributed by atoms with Gasteiger partial charge in [-0.05, 0) is 48.1 Å². The van der Waals surface area contributed by atoms with E-state index in [1.807, 2.05) is 32.9 Å². The average Bonchev–Trinajstić information content (AvgIpc) is 2.86. The number of hydrogen-bond donors (Lipinski definition) is 7. The molecule has 0 bridgehead atoms. The molecule has 2 aromatic rings. The van der Waals surface area contributed by atoms with Crippen LogP contribution < -0.4 is 21.3 Å². The van der Waals surface area contributed by atoms with Crippen molar-refractivity contribution in [1.29, 1.82) is 0 Å². The Bertz CT molecular complexity index is 1300. The molecule has 0 saturated carbocycles. The SMILES string of the molecule is CC(C)(C)c1cc([C@H](CC(=O)O)NC(=O)CNC(=O)c2cc(O)cc(NC3=NCC(F)CN3)c2)cc(C(C)(C)O)c1. The summed E-state index contributed by atoms with van der Waals surface area (Å²) in [6.07, 6.45) is -1.51. The molecular formula is C29H38FN5O6. The number of benzene rings is 2. The first-order chi connectivity index (χ1) is 19.0. The summed E-state index contributed by atoms with van der Waals surface area (Å²) in [5, 5.41) is 41.1. The number of hydrogen-bond acceptors (Lipinski definition) is 8. The number of nitrogens with zero attached hydrogens (tertiary/aromatic N) is 1. The molecule has 12 heteroatoms. The minimum atomic E-state index is -1.20. The van der Waals surface area contributed by atoms with Gasteiger partial charge in [0.1, 0.15) is 11.9 Å². The molecule has 2 atom stereocenters. The Morgan fingerprint density at radius 3 is 2.34 bits per heavy atom. The van der Waals surface area contributed by atoms with Crippen LogP contribution in [0.4, 0.5) is 10.1 Å². The summed E-state index contributed by atoms with van der Waals surface area (Å²) < 4.78 is 13.3. The lowest BCUT2D eigenvalue weighted by Crippen LogP contribution is -2.41. The van der Waals surface area contributed by atoms with Gasteiger partial charge in [-0.3, -0.25) is 14.4 Å². The molecule has 0 radical (unpaired) electrons. The van der Waals surface area contributed by atoms with E-state index in [0.717, 1.165) is 5.56 Å². The van der Waals surface area contributed by atoms with Crippen molar-refractivity contribution in [3.8, 4) is 5.75 Å². The fourth-order valence-corrected chi connectivity index (χ4v) is 4.13. The highest BCUT2D eigenvalue weighted by Crippen LogP contribution is 2.32. The van der Waals surface area contributed by atoms with Gasteiger partial charge in [0.15, 0.2) is 5.96 Å². The summed E-state index contributed by atoms with van der Waals surface area (Å²) in [6.45, 7) is 8.81. The summed E-state index contributed by atoms with van der Waals surface area (Å²) in [7, 11) is 0. The second-order valence-electron chi connectivity index (χ2n) is 11.6. The van der Waals surface area contributed by atoms with Gasteiger partial charge in [-0.15, -0.1) is 0 Å². The number of carboxylic acids is 1. The van der Waals surface area contributed by atoms with Crippen LogP contribution in [0.1, 0.15) is 74.1 Å². The number of rotatable bonds is 9. The molecule has 7 N–H and O–H groups in total. The topological polar surface area (TPSA) is 172 Å². The minimum Gasteiger partial charge on any atom is -0.508 e. The third-order valence-corrected chi connectivity index (χ3v) is 6.43. The van der Waals surface area contributed by atoms with Crippen LogP contribution in [-0.4, -0.2) is 64.9 Å². The van der Waals surface area contributed by atoms with Crippen molar-refractivity contribution in [3.05, 3.63) is 58.7 Å². The summed E-state index contributed by atoms with van der Waals surface area (Å²) in [5.74, 6) is -2.34. The molecule has 3 rings (SSSR count). The van der Waals surface area contributed by atoms with Crippen molar-refractivity contribution >= 4 is 29.4 Å². The Balaban J connectivity index is 1.74. The maximum atomic E-state index is 13.3. The zero-order chi connectivity index (χ0) is 30.5. The van der Waals surface area contributed by atoms with Gasteiger partial charge in [-0.25, -0.2) is 9.38 Å². The average molecular weight is 572 g/mol. The van der Waals surface area contributed by atoms with Gasteiger partial charge in [-0.2, -0.15) is 0 Å². The van der Waals surface area contributed by atoms with E-state index in [9.17, 15) is 34.1 Å². The van der Waals surface area contributed by atoms with Crippen LogP contribution in [0.5, 0.6) is 5.75 Å². The lowest BCUT2D eigenvalue weighted by Gasteiger charge is -2.27. The standard InChI is InChI=1S/C29H38FN5O6/c1-28(2,3)18-6-16(7-19(10-18)29(4,5)41)23(12-25(38)39)35-24(37)15-31-26(40)17-8-21(11-22(36)9-17)34-27-32-13-20(30)14-33-27/h6-11,20,23,36,41H,12-15H2,1-5H3,(H,31,40)(H,35,37)(H,38,39)(H2,32,33,34)/t23-/m0/s1. The fourth-order valence-electron chi connectivity index (χ4n) is 4.13. The molecule has 0 fully saturated rings. The lowest BCUT2D eigenvalue weighted by molar-refractivity contribution is -0.137. The van der Waals surface area contributed by atoms with Crippen molar-refractivity contribution in [3.63, 3.8) is 0 Å². The van der Waals surface area contributed by atoms with E-state index in [-0.39, 0.29) is 29.8 Å². The minimum absolute atomic E-state index is 0.0148. The number of aliphatic hydroxyl groups is 1. The predicted molar refractivity (Wildman–Crippen MR) is 153 cm³/mol. The van der Waals surface area contributed by atoms with Gasteiger partial charge in [-0.1, -0.05) is 39.0 Å². The molecule has 11 nitrogen and oxygen atoms in total. The monoisotopic (exact) mass is 571 g/mol. The molecule has 1 aliphatic heterocycles. The quantitative estimate of drug-likeness (QED) is 0.241. The molecule has 1 aliphatic rings. The normalized spacial score (nSPS) is 16.2. The van der Waals surface area contributed by atoms with Crippen LogP contribution in [0.2, 0.25) is 0 Å². The van der Waals surface area contributed by atoms with Crippen LogP contribution >= 0.6 is 0 Å². The molecule has 0 saturated heterocycles. The number of aliphatic imine (C=N–C) groups is 1. The molecule has 0 spiro atoms. The largest absolute Gasteiger partial charge is 0.508 e. The first-order valence-electron chi connectivity index (χ1n) is 13.2. The summed E-state index contributed by atoms with van der Waals surface area (Å²) in [6, 6.07) is 8.42. The fraction of sp³-hybridized carbons (Fsp3) is 0.448. The number of amides is 2. The Morgan fingerprint density at radius 2 is 1.76 bits per heavy atom. The maximum absolute atomic E-state index is 13.3. The van der Waals surface area contributed by atoms with E-state index >= 15 is 0 Å². The van der Waals surface area contributed by atoms with E-state index in [1.54, 1.807) is 19.9 Å². The molecule has 222 valence electrons. The van der Waals surface area contributed by atoms with E-state index in [1.165, 1.54) is 18.2 Å². The number of carbonyl (C=O) groups excluding carboxylic acids is 2. The Hall–Kier alpha value is -4.19. The predicted octanol–water partition coefficient (Wildman–Crippen LogP) is 2.69. The van der Waals surface area contributed by atoms with E-state index in [0.29, 0.717) is 22.8 Å². The van der Waals surface area contributed by atoms with Gasteiger partial charge in [0.25, 0.3) is 5.91 Å². The van der Waals surface area contributed by atoms with Gasteiger partial charge >= 0.3 is 5.97 Å². The first kappa shape index (κ1) is 31.3. The maximum Gasteiger partial charge on any atom is 0.305 e. The van der Waals surface area contributed by atoms with Crippen LogP contribution in [0.15, 0.2) is 41.4 Å². The number of carbonyl (C=O) groups is 3. The van der Waals surface area contributed by atoms with Gasteiger partial charge in [0.2, 0.25) is 5.91 Å². The molecule has 2 amide bonds. The number of alkyl halides is 1. The van der Waals surface area contributed by atoms with Crippen molar-refractivity contribution in [2.75, 3.05) is 25.0 Å². The molecule has 0 aromatic heterocycles. The number of halogens is 1. The van der Waals surface area contributed by atoms with E-state index in [4.69, 9.17) is 0 Å². The third-order valence-electron chi connectivity index (χ3n) is 6.43. The molecule has 41 heavy (non-hydrogen) atoms. The number of aromatic hydroxyl groups is 1. The summed E-state index contributed by atoms with van der Waals surface area (Å²) >= 11 is 0. The van der Waals surface area contributed by atoms with Gasteiger partial charge in [0.05, 0.1) is 37.7 Å². The molecule has 1 unspecified atom stereocenters. The van der Waals surface area contributed by atoms with Crippen molar-refractivity contribution in [2.45, 2.75) is 64.3 Å². The smallest absolute Gasteiger partial charge is 0.305 e. The zero-order valence-electron chi connectivity index (χ0n) is 23.8. The first-order valence-corrected chi connectivity index (χ1v) is 13.2. The highest BCUT2D eigenvalue weighted by atomic mass is 19.1. The summed E-state index contributed by atoms with van der Waals surface area (Å²) in [5.41, 5.74) is 0.805. The van der Waals surface area contributed by atoms with Crippen LogP contribution in [-0.2, 0) is 20.6 Å². The number of anilines is 1. The molecule has 2 aromatic carbocycles. The van der Waals surface area contributed by atoms with Crippen LogP contribution in [0.25, 0.3) is 0 Å². The van der Waals surface area contributed by atoms with Crippen molar-refractivity contribution in [1.82, 2.24) is 16.0 Å². The van der Waals surface area contributed by atoms with Crippen molar-refractivity contribution < 1.29 is 34.1 Å². The second-order valence-corrected chi connectivity index (χ2v) is 11.6. The van der Waals surface area contributed by atoms with Crippen LogP contribution in [0.3, 0.4) is 0 Å². The molecule has 0 aliphatic carbocycles. The number of aliphatic carboxylic acids is 1. The number of phenolic OH excluding ortho intramolecular Hbond substituents is 1. The van der Waals surface area contributed by atoms with Gasteiger partial charge < -0.3 is 36.6 Å². The van der Waals surface area contributed by atoms with Crippen molar-refractivity contribution in [2.24, 2.45) is 4.99 Å². The lowest BCUT2D eigenvalue weighted by atomic mass is 9.81. The summed E-state index contributed by atoms with van der Waals surface area (Å²) in [4.78, 5) is 41.3. The third kappa shape index (κ3) is 9.17. The number of guanidine groups is 1. The number of phenols is 1. The zero-order valence-corrected chi connectivity index (χ0v) is 23.8. The highest BCUT2D eigenvalue weighted by molar-refractivity contribution is 6.00.